The quantitative estimate of drug-likeness (QED) is 0.601. The minimum Gasteiger partial charge on any atom is -0.351 e. The summed E-state index contributed by atoms with van der Waals surface area (Å²) in [6.07, 6.45) is 10.8. The first kappa shape index (κ1) is 18.2. The van der Waals surface area contributed by atoms with Crippen LogP contribution in [0.15, 0.2) is 49.1 Å². The molecule has 4 nitrogen and oxygen atoms in total. The number of imidazole rings is 1. The lowest BCUT2D eigenvalue weighted by molar-refractivity contribution is 0.586. The monoisotopic (exact) mass is 380 g/mol. The zero-order chi connectivity index (χ0) is 18.5. The predicted octanol–water partition coefficient (Wildman–Crippen LogP) is 4.30. The van der Waals surface area contributed by atoms with Crippen LogP contribution in [0.5, 0.6) is 0 Å². The molecular weight excluding hydrogens is 356 g/mol. The second-order valence-electron chi connectivity index (χ2n) is 7.15. The summed E-state index contributed by atoms with van der Waals surface area (Å²) in [6.45, 7) is 1.98. The molecule has 0 radical (unpaired) electrons. The average Bonchev–Trinajstić information content (AvgIpc) is 3.15. The van der Waals surface area contributed by atoms with Crippen LogP contribution in [0.1, 0.15) is 46.8 Å². The van der Waals surface area contributed by atoms with Gasteiger partial charge in [0.1, 0.15) is 0 Å². The normalized spacial score (nSPS) is 15.8. The van der Waals surface area contributed by atoms with Gasteiger partial charge in [-0.1, -0.05) is 23.7 Å². The number of aromatic nitrogens is 3. The molecule has 0 bridgehead atoms. The smallest absolute Gasteiger partial charge is 0.0923 e. The minimum absolute atomic E-state index is 0.329. The van der Waals surface area contributed by atoms with E-state index < -0.39 is 0 Å². The maximum Gasteiger partial charge on any atom is 0.0923 e. The number of hydrogen-bond acceptors (Lipinski definition) is 3. The van der Waals surface area contributed by atoms with E-state index in [-0.39, 0.29) is 0 Å². The van der Waals surface area contributed by atoms with Gasteiger partial charge in [0.05, 0.1) is 17.7 Å². The largest absolute Gasteiger partial charge is 0.351 e. The lowest BCUT2D eigenvalue weighted by Gasteiger charge is -2.20. The molecule has 0 saturated heterocycles. The van der Waals surface area contributed by atoms with E-state index in [1.54, 1.807) is 6.33 Å². The Morgan fingerprint density at radius 3 is 2.93 bits per heavy atom. The van der Waals surface area contributed by atoms with Crippen LogP contribution < -0.4 is 5.32 Å². The summed E-state index contributed by atoms with van der Waals surface area (Å²) >= 11 is 6.26. The van der Waals surface area contributed by atoms with Crippen molar-refractivity contribution in [3.05, 3.63) is 82.2 Å². The number of H-pyrrole nitrogens is 1. The fourth-order valence-electron chi connectivity index (χ4n) is 4.01. The molecule has 0 amide bonds. The molecule has 0 spiro atoms. The van der Waals surface area contributed by atoms with E-state index in [4.69, 9.17) is 16.6 Å². The van der Waals surface area contributed by atoms with Crippen LogP contribution in [0, 0.1) is 0 Å². The Morgan fingerprint density at radius 2 is 2.04 bits per heavy atom. The van der Waals surface area contributed by atoms with E-state index >= 15 is 0 Å². The van der Waals surface area contributed by atoms with Crippen LogP contribution in [0.25, 0.3) is 0 Å². The number of aromatic amines is 1. The Labute approximate surface area is 165 Å². The van der Waals surface area contributed by atoms with Crippen molar-refractivity contribution in [2.24, 2.45) is 0 Å². The van der Waals surface area contributed by atoms with Crippen molar-refractivity contribution in [1.29, 1.82) is 0 Å². The molecule has 0 saturated carbocycles. The van der Waals surface area contributed by atoms with Crippen molar-refractivity contribution in [3.63, 3.8) is 0 Å². The molecule has 27 heavy (non-hydrogen) atoms. The van der Waals surface area contributed by atoms with E-state index in [9.17, 15) is 0 Å². The number of nitrogens with zero attached hydrogens (tertiary/aromatic N) is 2. The molecule has 1 aromatic carbocycles. The first-order valence-corrected chi connectivity index (χ1v) is 10.1. The van der Waals surface area contributed by atoms with Crippen molar-refractivity contribution in [3.8, 4) is 0 Å². The third-order valence-corrected chi connectivity index (χ3v) is 5.59. The molecule has 2 aromatic heterocycles. The number of aryl methyl sites for hydroxylation is 3. The van der Waals surface area contributed by atoms with Gasteiger partial charge in [-0.15, -0.1) is 0 Å². The number of pyridine rings is 1. The number of hydrogen-bond donors (Lipinski definition) is 2. The van der Waals surface area contributed by atoms with E-state index in [1.807, 2.05) is 24.5 Å². The van der Waals surface area contributed by atoms with Crippen molar-refractivity contribution in [1.82, 2.24) is 20.3 Å². The highest BCUT2D eigenvalue weighted by Gasteiger charge is 2.24. The van der Waals surface area contributed by atoms with Crippen LogP contribution in [0.3, 0.4) is 0 Å². The van der Waals surface area contributed by atoms with Gasteiger partial charge in [-0.2, -0.15) is 0 Å². The summed E-state index contributed by atoms with van der Waals surface area (Å²) in [4.78, 5) is 12.0. The highest BCUT2D eigenvalue weighted by molar-refractivity contribution is 6.30. The van der Waals surface area contributed by atoms with Gasteiger partial charge < -0.3 is 10.3 Å². The number of halogens is 1. The molecule has 1 atom stereocenters. The predicted molar refractivity (Wildman–Crippen MR) is 109 cm³/mol. The zero-order valence-electron chi connectivity index (χ0n) is 15.4. The van der Waals surface area contributed by atoms with Crippen molar-refractivity contribution in [2.75, 3.05) is 13.1 Å². The molecule has 0 aliphatic heterocycles. The van der Waals surface area contributed by atoms with E-state index in [0.29, 0.717) is 5.92 Å². The Morgan fingerprint density at radius 1 is 1.11 bits per heavy atom. The maximum absolute atomic E-state index is 6.26. The summed E-state index contributed by atoms with van der Waals surface area (Å²) in [7, 11) is 0. The Kier molecular flexibility index (Phi) is 5.85. The molecule has 3 aromatic rings. The van der Waals surface area contributed by atoms with Crippen LogP contribution in [-0.2, 0) is 19.3 Å². The van der Waals surface area contributed by atoms with Gasteiger partial charge >= 0.3 is 0 Å². The van der Waals surface area contributed by atoms with Crippen LogP contribution >= 0.6 is 11.6 Å². The van der Waals surface area contributed by atoms with Crippen molar-refractivity contribution >= 4 is 11.6 Å². The lowest BCUT2D eigenvalue weighted by Crippen LogP contribution is -2.20. The van der Waals surface area contributed by atoms with Gasteiger partial charge in [0, 0.05) is 23.3 Å². The summed E-state index contributed by atoms with van der Waals surface area (Å²) in [5, 5.41) is 4.42. The molecule has 5 heteroatoms. The molecule has 1 aliphatic carbocycles. The van der Waals surface area contributed by atoms with Gasteiger partial charge in [-0.25, -0.2) is 4.98 Å². The molecule has 2 heterocycles. The standard InChI is InChI=1S/C22H25ClN4/c23-18-7-8-20-17(13-18)6-5-16-3-1-11-26-22(16)21(20)9-12-24-10-2-4-19-14-25-15-27-19/h1,3,7-8,11,13-15,21,24H,2,4-6,9-10,12H2,(H,25,27). The van der Waals surface area contributed by atoms with Gasteiger partial charge in [-0.05, 0) is 80.1 Å². The second-order valence-corrected chi connectivity index (χ2v) is 7.58. The van der Waals surface area contributed by atoms with Gasteiger partial charge in [0.2, 0.25) is 0 Å². The topological polar surface area (TPSA) is 53.6 Å². The maximum atomic E-state index is 6.26. The van der Waals surface area contributed by atoms with E-state index in [1.165, 1.54) is 22.4 Å². The number of nitrogens with one attached hydrogen (secondary N) is 2. The number of rotatable bonds is 7. The summed E-state index contributed by atoms with van der Waals surface area (Å²) < 4.78 is 0. The highest BCUT2D eigenvalue weighted by Crippen LogP contribution is 2.36. The van der Waals surface area contributed by atoms with Crippen molar-refractivity contribution < 1.29 is 0 Å². The fourth-order valence-corrected chi connectivity index (χ4v) is 4.20. The zero-order valence-corrected chi connectivity index (χ0v) is 16.2. The average molecular weight is 381 g/mol. The third kappa shape index (κ3) is 4.40. The summed E-state index contributed by atoms with van der Waals surface area (Å²) in [6, 6.07) is 10.6. The van der Waals surface area contributed by atoms with Gasteiger partial charge in [0.15, 0.2) is 0 Å². The Balaban J connectivity index is 1.41. The van der Waals surface area contributed by atoms with Crippen LogP contribution in [0.2, 0.25) is 5.02 Å². The Bertz CT molecular complexity index is 876. The fraction of sp³-hybridized carbons (Fsp3) is 0.364. The number of fused-ring (bicyclic) bond motifs is 2. The van der Waals surface area contributed by atoms with Crippen LogP contribution in [0.4, 0.5) is 0 Å². The lowest BCUT2D eigenvalue weighted by atomic mass is 9.89. The summed E-state index contributed by atoms with van der Waals surface area (Å²) in [5.74, 6) is 0.329. The van der Waals surface area contributed by atoms with E-state index in [0.717, 1.165) is 55.9 Å². The molecule has 1 unspecified atom stereocenters. The first-order valence-electron chi connectivity index (χ1n) is 9.72. The highest BCUT2D eigenvalue weighted by atomic mass is 35.5. The van der Waals surface area contributed by atoms with Crippen LogP contribution in [-0.4, -0.2) is 28.0 Å². The molecule has 2 N–H and O–H groups in total. The number of benzene rings is 1. The summed E-state index contributed by atoms with van der Waals surface area (Å²) in [5.41, 5.74) is 6.48. The minimum atomic E-state index is 0.329. The molecule has 1 aliphatic rings. The SMILES string of the molecule is Clc1ccc2c(c1)CCc1cccnc1C2CCNCCCc1c[nH]cn1. The molecule has 140 valence electrons. The Hall–Kier alpha value is -2.17. The molecular formula is C22H25ClN4. The molecule has 0 fully saturated rings. The van der Waals surface area contributed by atoms with Gasteiger partial charge in [-0.3, -0.25) is 4.98 Å². The first-order chi connectivity index (χ1) is 13.3. The second kappa shape index (κ2) is 8.68. The molecule has 4 rings (SSSR count). The van der Waals surface area contributed by atoms with Gasteiger partial charge in [0.25, 0.3) is 0 Å². The third-order valence-electron chi connectivity index (χ3n) is 5.35. The van der Waals surface area contributed by atoms with E-state index in [2.05, 4.69) is 33.5 Å². The van der Waals surface area contributed by atoms with Crippen molar-refractivity contribution in [2.45, 2.75) is 38.0 Å².